The predicted molar refractivity (Wildman–Crippen MR) is 121 cm³/mol. The van der Waals surface area contributed by atoms with Gasteiger partial charge in [0, 0.05) is 30.9 Å². The monoisotopic (exact) mass is 461 g/mol. The van der Waals surface area contributed by atoms with E-state index in [1.165, 1.54) is 42.8 Å². The van der Waals surface area contributed by atoms with Gasteiger partial charge in [0.1, 0.15) is 5.82 Å². The molecule has 0 radical (unpaired) electrons. The Hall–Kier alpha value is -2.91. The number of hydrogen-bond acceptors (Lipinski definition) is 5. The van der Waals surface area contributed by atoms with Crippen LogP contribution in [0.5, 0.6) is 11.5 Å². The zero-order valence-corrected chi connectivity index (χ0v) is 19.3. The van der Waals surface area contributed by atoms with Crippen molar-refractivity contribution < 1.29 is 22.3 Å². The highest BCUT2D eigenvalue weighted by Crippen LogP contribution is 2.30. The van der Waals surface area contributed by atoms with E-state index in [4.69, 9.17) is 9.47 Å². The summed E-state index contributed by atoms with van der Waals surface area (Å²) in [7, 11) is 0.945. The van der Waals surface area contributed by atoms with Gasteiger partial charge in [-0.3, -0.25) is 5.10 Å². The lowest BCUT2D eigenvalue weighted by Gasteiger charge is -2.18. The highest BCUT2D eigenvalue weighted by atomic mass is 32.2. The molecule has 1 heterocycles. The van der Waals surface area contributed by atoms with Gasteiger partial charge in [-0.1, -0.05) is 6.42 Å². The molecule has 0 bridgehead atoms. The summed E-state index contributed by atoms with van der Waals surface area (Å²) >= 11 is 0. The van der Waals surface area contributed by atoms with E-state index in [0.29, 0.717) is 18.0 Å². The number of aromatic nitrogens is 2. The molecule has 0 amide bonds. The van der Waals surface area contributed by atoms with Gasteiger partial charge in [-0.25, -0.2) is 17.1 Å². The van der Waals surface area contributed by atoms with Crippen LogP contribution < -0.4 is 9.47 Å². The van der Waals surface area contributed by atoms with Crippen LogP contribution in [0.4, 0.5) is 4.39 Å². The maximum atomic E-state index is 13.1. The third-order valence-corrected chi connectivity index (χ3v) is 7.11. The van der Waals surface area contributed by atoms with Crippen LogP contribution in [-0.4, -0.2) is 50.7 Å². The number of aryl methyl sites for hydroxylation is 1. The highest BCUT2D eigenvalue weighted by molar-refractivity contribution is 7.89. The summed E-state index contributed by atoms with van der Waals surface area (Å²) in [4.78, 5) is 0.170. The molecule has 0 atom stereocenters. The average Bonchev–Trinajstić information content (AvgIpc) is 3.27. The Morgan fingerprint density at radius 2 is 1.69 bits per heavy atom. The summed E-state index contributed by atoms with van der Waals surface area (Å²) in [5, 5.41) is 7.29. The fourth-order valence-electron chi connectivity index (χ4n) is 3.36. The first-order valence-electron chi connectivity index (χ1n) is 10.3. The summed E-state index contributed by atoms with van der Waals surface area (Å²) < 4.78 is 50.5. The van der Waals surface area contributed by atoms with Crippen LogP contribution in [0.1, 0.15) is 25.0 Å². The predicted octanol–water partition coefficient (Wildman–Crippen LogP) is 4.27. The molecule has 2 aromatic carbocycles. The van der Waals surface area contributed by atoms with Crippen LogP contribution in [0, 0.1) is 5.82 Å². The Morgan fingerprint density at radius 3 is 2.38 bits per heavy atom. The molecule has 32 heavy (non-hydrogen) atoms. The molecule has 0 aliphatic heterocycles. The largest absolute Gasteiger partial charge is 0.493 e. The molecule has 9 heteroatoms. The van der Waals surface area contributed by atoms with Gasteiger partial charge in [-0.05, 0) is 61.7 Å². The van der Waals surface area contributed by atoms with Gasteiger partial charge < -0.3 is 9.47 Å². The van der Waals surface area contributed by atoms with Crippen molar-refractivity contribution in [1.29, 1.82) is 0 Å². The maximum absolute atomic E-state index is 13.1. The quantitative estimate of drug-likeness (QED) is 0.431. The van der Waals surface area contributed by atoms with Crippen molar-refractivity contribution in [3.63, 3.8) is 0 Å². The second-order valence-corrected chi connectivity index (χ2v) is 9.48. The molecule has 0 saturated carbocycles. The molecule has 0 unspecified atom stereocenters. The third kappa shape index (κ3) is 5.66. The molecule has 3 rings (SSSR count). The van der Waals surface area contributed by atoms with Crippen molar-refractivity contribution in [1.82, 2.24) is 14.5 Å². The molecule has 0 fully saturated rings. The van der Waals surface area contributed by atoms with Crippen molar-refractivity contribution in [3.8, 4) is 22.8 Å². The Balaban J connectivity index is 1.48. The number of benzene rings is 2. The van der Waals surface area contributed by atoms with Gasteiger partial charge in [0.25, 0.3) is 0 Å². The van der Waals surface area contributed by atoms with Crippen LogP contribution in [0.25, 0.3) is 11.3 Å². The number of nitrogens with one attached hydrogen (secondary N) is 1. The van der Waals surface area contributed by atoms with Crippen LogP contribution >= 0.6 is 0 Å². The van der Waals surface area contributed by atoms with E-state index in [0.717, 1.165) is 42.6 Å². The van der Waals surface area contributed by atoms with Gasteiger partial charge in [0.05, 0.1) is 24.8 Å². The number of sulfonamides is 1. The fourth-order valence-corrected chi connectivity index (χ4v) is 4.59. The van der Waals surface area contributed by atoms with Crippen molar-refractivity contribution in [2.45, 2.75) is 30.6 Å². The second-order valence-electron chi connectivity index (χ2n) is 7.44. The first-order valence-corrected chi connectivity index (χ1v) is 11.8. The molecule has 0 saturated heterocycles. The summed E-state index contributed by atoms with van der Waals surface area (Å²) in [6.07, 6.45) is 3.31. The lowest BCUT2D eigenvalue weighted by molar-refractivity contribution is 0.353. The van der Waals surface area contributed by atoms with Crippen molar-refractivity contribution in [2.75, 3.05) is 27.8 Å². The highest BCUT2D eigenvalue weighted by Gasteiger charge is 2.22. The number of nitrogens with zero attached hydrogens (tertiary/aromatic N) is 2. The van der Waals surface area contributed by atoms with Crippen LogP contribution in [0.2, 0.25) is 0 Å². The Bertz CT molecular complexity index is 1130. The average molecular weight is 462 g/mol. The first kappa shape index (κ1) is 23.7. The Labute approximate surface area is 188 Å². The second kappa shape index (κ2) is 10.6. The molecule has 7 nitrogen and oxygen atoms in total. The summed E-state index contributed by atoms with van der Waals surface area (Å²) in [5.41, 5.74) is 2.63. The number of methoxy groups -OCH3 is 2. The number of aromatic amines is 1. The molecule has 0 spiro atoms. The summed E-state index contributed by atoms with van der Waals surface area (Å²) in [5.74, 6) is 0.583. The van der Waals surface area contributed by atoms with E-state index >= 15 is 0 Å². The van der Waals surface area contributed by atoms with Gasteiger partial charge in [-0.2, -0.15) is 5.10 Å². The minimum absolute atomic E-state index is 0.170. The number of hydrogen-bond donors (Lipinski definition) is 1. The van der Waals surface area contributed by atoms with Crippen molar-refractivity contribution in [2.24, 2.45) is 0 Å². The topological polar surface area (TPSA) is 84.5 Å². The SMILES string of the molecule is COc1ccc(S(=O)(=O)N(C)CCCCCc2cc(-c3ccc(F)cc3)n[nH]2)cc1OC. The number of H-pyrrole nitrogens is 1. The summed E-state index contributed by atoms with van der Waals surface area (Å²) in [6.45, 7) is 0.417. The van der Waals surface area contributed by atoms with Crippen LogP contribution in [0.3, 0.4) is 0 Å². The number of rotatable bonds is 11. The van der Waals surface area contributed by atoms with Gasteiger partial charge >= 0.3 is 0 Å². The smallest absolute Gasteiger partial charge is 0.242 e. The van der Waals surface area contributed by atoms with E-state index in [1.807, 2.05) is 6.07 Å². The van der Waals surface area contributed by atoms with E-state index in [9.17, 15) is 12.8 Å². The molecule has 172 valence electrons. The minimum atomic E-state index is -3.61. The van der Waals surface area contributed by atoms with E-state index in [2.05, 4.69) is 10.2 Å². The lowest BCUT2D eigenvalue weighted by atomic mass is 10.1. The standard InChI is InChI=1S/C23H28FN3O4S/c1-27(32(28,29)20-12-13-22(30-2)23(16-20)31-3)14-6-4-5-7-19-15-21(26-25-19)17-8-10-18(24)11-9-17/h8-13,15-16H,4-7,14H2,1-3H3,(H,25,26). The maximum Gasteiger partial charge on any atom is 0.242 e. The number of halogens is 1. The van der Waals surface area contributed by atoms with Crippen LogP contribution in [0.15, 0.2) is 53.4 Å². The zero-order valence-electron chi connectivity index (χ0n) is 18.5. The lowest BCUT2D eigenvalue weighted by Crippen LogP contribution is -2.28. The normalized spacial score (nSPS) is 11.7. The van der Waals surface area contributed by atoms with Gasteiger partial charge in [0.15, 0.2) is 11.5 Å². The molecule has 3 aromatic rings. The molecular formula is C23H28FN3O4S. The molecular weight excluding hydrogens is 433 g/mol. The van der Waals surface area contributed by atoms with Gasteiger partial charge in [-0.15, -0.1) is 0 Å². The summed E-state index contributed by atoms with van der Waals surface area (Å²) in [6, 6.07) is 12.8. The first-order chi connectivity index (χ1) is 15.3. The Morgan fingerprint density at radius 1 is 0.969 bits per heavy atom. The number of ether oxygens (including phenoxy) is 2. The zero-order chi connectivity index (χ0) is 23.1. The van der Waals surface area contributed by atoms with Crippen molar-refractivity contribution >= 4 is 10.0 Å². The van der Waals surface area contributed by atoms with Crippen LogP contribution in [-0.2, 0) is 16.4 Å². The third-order valence-electron chi connectivity index (χ3n) is 5.25. The van der Waals surface area contributed by atoms with E-state index in [-0.39, 0.29) is 10.7 Å². The Kier molecular flexibility index (Phi) is 7.87. The number of unbranched alkanes of at least 4 members (excludes halogenated alkanes) is 2. The molecule has 0 aliphatic rings. The molecule has 1 N–H and O–H groups in total. The minimum Gasteiger partial charge on any atom is -0.493 e. The van der Waals surface area contributed by atoms with E-state index in [1.54, 1.807) is 25.2 Å². The molecule has 1 aromatic heterocycles. The van der Waals surface area contributed by atoms with Crippen molar-refractivity contribution in [3.05, 3.63) is 60.0 Å². The fraction of sp³-hybridized carbons (Fsp3) is 0.348. The van der Waals surface area contributed by atoms with Gasteiger partial charge in [0.2, 0.25) is 10.0 Å². The van der Waals surface area contributed by atoms with E-state index < -0.39 is 10.0 Å². The molecule has 0 aliphatic carbocycles.